The number of likely N-dealkylation sites (N-methyl/N-ethyl adjacent to an activating group) is 1. The highest BCUT2D eigenvalue weighted by molar-refractivity contribution is 5.91. The molecule has 11 heteroatoms. The van der Waals surface area contributed by atoms with Crippen molar-refractivity contribution < 1.29 is 41.8 Å². The van der Waals surface area contributed by atoms with E-state index in [1.807, 2.05) is 0 Å². The summed E-state index contributed by atoms with van der Waals surface area (Å²) in [4.78, 5) is 48.4. The smallest absolute Gasteiger partial charge is 0.426 e. The van der Waals surface area contributed by atoms with E-state index in [9.17, 15) is 32.3 Å². The zero-order valence-electron chi connectivity index (χ0n) is 16.2. The topological polar surface area (TPSA) is 102 Å². The maximum Gasteiger partial charge on any atom is 0.471 e. The molecule has 1 fully saturated rings. The van der Waals surface area contributed by atoms with Crippen LogP contribution >= 0.6 is 0 Å². The molecule has 1 aliphatic rings. The second kappa shape index (κ2) is 9.24. The van der Waals surface area contributed by atoms with Crippen LogP contribution in [0.5, 0.6) is 0 Å². The molecular formula is C17H25F3N2O6. The Morgan fingerprint density at radius 1 is 1.21 bits per heavy atom. The third-order valence-electron chi connectivity index (χ3n) is 4.78. The van der Waals surface area contributed by atoms with Gasteiger partial charge in [0.25, 0.3) is 0 Å². The average Bonchev–Trinajstić information content (AvgIpc) is 2.59. The van der Waals surface area contributed by atoms with Gasteiger partial charge in [0.1, 0.15) is 11.6 Å². The number of nitrogens with one attached hydrogen (secondary N) is 1. The van der Waals surface area contributed by atoms with Gasteiger partial charge in [0.15, 0.2) is 5.78 Å². The van der Waals surface area contributed by atoms with Crippen molar-refractivity contribution in [2.24, 2.45) is 5.92 Å². The number of hydrogen-bond donors (Lipinski definition) is 1. The molecule has 1 saturated carbocycles. The number of carbonyl (C=O) groups excluding carboxylic acids is 4. The molecule has 0 bridgehead atoms. The van der Waals surface area contributed by atoms with Gasteiger partial charge in [-0.15, -0.1) is 0 Å². The number of alkyl halides is 3. The molecule has 0 aromatic carbocycles. The number of hydrogen-bond acceptors (Lipinski definition) is 6. The Kier molecular flexibility index (Phi) is 7.83. The number of esters is 1. The number of ketones is 1. The Morgan fingerprint density at radius 2 is 1.82 bits per heavy atom. The minimum atomic E-state index is -5.15. The van der Waals surface area contributed by atoms with E-state index in [0.717, 1.165) is 17.7 Å². The first kappa shape index (κ1) is 23.7. The Hall–Kier alpha value is -2.33. The first-order chi connectivity index (χ1) is 12.8. The van der Waals surface area contributed by atoms with Crippen molar-refractivity contribution >= 4 is 23.8 Å². The number of carbonyl (C=O) groups is 4. The van der Waals surface area contributed by atoms with Gasteiger partial charge in [0.05, 0.1) is 0 Å². The molecule has 2 amide bonds. The van der Waals surface area contributed by atoms with Gasteiger partial charge >= 0.3 is 24.1 Å². The second-order valence-electron chi connectivity index (χ2n) is 7.15. The van der Waals surface area contributed by atoms with Gasteiger partial charge in [-0.05, 0) is 25.7 Å². The number of Topliss-reactive ketones (excluding diaryl/α,β-unsaturated/α-hetero) is 1. The lowest BCUT2D eigenvalue weighted by atomic mass is 9.81. The molecule has 0 heterocycles. The van der Waals surface area contributed by atoms with Crippen molar-refractivity contribution in [2.45, 2.75) is 64.2 Å². The molecule has 0 aromatic heterocycles. The van der Waals surface area contributed by atoms with E-state index in [2.05, 4.69) is 4.74 Å². The zero-order valence-corrected chi connectivity index (χ0v) is 16.2. The summed E-state index contributed by atoms with van der Waals surface area (Å²) in [6.07, 6.45) is -3.73. The Morgan fingerprint density at radius 3 is 2.32 bits per heavy atom. The highest BCUT2D eigenvalue weighted by atomic mass is 19.4. The van der Waals surface area contributed by atoms with Gasteiger partial charge in [-0.3, -0.25) is 14.5 Å². The van der Waals surface area contributed by atoms with Crippen LogP contribution in [0.15, 0.2) is 0 Å². The number of nitrogens with zero attached hydrogens (tertiary/aromatic N) is 1. The molecule has 0 saturated heterocycles. The lowest BCUT2D eigenvalue weighted by Crippen LogP contribution is -2.54. The van der Waals surface area contributed by atoms with Crippen LogP contribution in [0, 0.1) is 5.92 Å². The van der Waals surface area contributed by atoms with E-state index in [0.29, 0.717) is 12.8 Å². The molecule has 1 rings (SSSR count). The average molecular weight is 410 g/mol. The van der Waals surface area contributed by atoms with Crippen molar-refractivity contribution in [1.29, 1.82) is 0 Å². The fraction of sp³-hybridized carbons (Fsp3) is 0.765. The van der Waals surface area contributed by atoms with E-state index in [4.69, 9.17) is 4.74 Å². The molecule has 0 radical (unpaired) electrons. The van der Waals surface area contributed by atoms with E-state index in [-0.39, 0.29) is 5.78 Å². The monoisotopic (exact) mass is 410 g/mol. The standard InChI is InChI=1S/C17H25F3N2O6/c1-10(2)12(21-14(25)17(18,19)20)13(24)27-9-28-15(26)22(4)16(3)8-6-5-7-11(16)23/h10,12H,5-9H2,1-4H3,(H,21,25)/t12?,16-/m1/s1. The second-order valence-corrected chi connectivity index (χ2v) is 7.15. The predicted molar refractivity (Wildman–Crippen MR) is 89.9 cm³/mol. The van der Waals surface area contributed by atoms with Crippen molar-refractivity contribution in [3.63, 3.8) is 0 Å². The van der Waals surface area contributed by atoms with Crippen molar-refractivity contribution in [1.82, 2.24) is 10.2 Å². The highest BCUT2D eigenvalue weighted by Gasteiger charge is 2.43. The number of ether oxygens (including phenoxy) is 2. The fourth-order valence-electron chi connectivity index (χ4n) is 2.77. The summed E-state index contributed by atoms with van der Waals surface area (Å²) < 4.78 is 46.6. The molecule has 28 heavy (non-hydrogen) atoms. The van der Waals surface area contributed by atoms with Gasteiger partial charge in [-0.1, -0.05) is 20.3 Å². The van der Waals surface area contributed by atoms with Gasteiger partial charge in [-0.2, -0.15) is 13.2 Å². The first-order valence-corrected chi connectivity index (χ1v) is 8.79. The third kappa shape index (κ3) is 5.83. The first-order valence-electron chi connectivity index (χ1n) is 8.79. The molecule has 0 spiro atoms. The summed E-state index contributed by atoms with van der Waals surface area (Å²) >= 11 is 0. The predicted octanol–water partition coefficient (Wildman–Crippen LogP) is 2.16. The fourth-order valence-corrected chi connectivity index (χ4v) is 2.77. The Bertz CT molecular complexity index is 623. The van der Waals surface area contributed by atoms with Crippen molar-refractivity contribution in [3.05, 3.63) is 0 Å². The normalized spacial score (nSPS) is 21.1. The van der Waals surface area contributed by atoms with E-state index in [1.165, 1.54) is 20.9 Å². The van der Waals surface area contributed by atoms with Gasteiger partial charge in [-0.25, -0.2) is 9.59 Å². The van der Waals surface area contributed by atoms with Crippen LogP contribution in [-0.4, -0.2) is 60.3 Å². The largest absolute Gasteiger partial charge is 0.471 e. The van der Waals surface area contributed by atoms with Crippen LogP contribution in [0.3, 0.4) is 0 Å². The van der Waals surface area contributed by atoms with Gasteiger partial charge in [0, 0.05) is 13.5 Å². The zero-order chi connectivity index (χ0) is 21.7. The van der Waals surface area contributed by atoms with Crippen LogP contribution < -0.4 is 5.32 Å². The van der Waals surface area contributed by atoms with Crippen LogP contribution in [0.4, 0.5) is 18.0 Å². The lowest BCUT2D eigenvalue weighted by Gasteiger charge is -2.39. The maximum absolute atomic E-state index is 12.4. The molecule has 0 aliphatic heterocycles. The van der Waals surface area contributed by atoms with Crippen LogP contribution in [-0.2, 0) is 23.9 Å². The SMILES string of the molecule is CC(C)C(NC(=O)C(F)(F)F)C(=O)OCOC(=O)N(C)[C@]1(C)CCCCC1=O. The van der Waals surface area contributed by atoms with Gasteiger partial charge in [0.2, 0.25) is 6.79 Å². The molecule has 1 aliphatic carbocycles. The molecule has 2 atom stereocenters. The summed E-state index contributed by atoms with van der Waals surface area (Å²) in [5.74, 6) is -4.26. The molecule has 0 aromatic rings. The quantitative estimate of drug-likeness (QED) is 0.532. The number of amides is 2. The Labute approximate surface area is 160 Å². The maximum atomic E-state index is 12.4. The summed E-state index contributed by atoms with van der Waals surface area (Å²) in [5, 5.41) is 1.55. The minimum absolute atomic E-state index is 0.107. The summed E-state index contributed by atoms with van der Waals surface area (Å²) in [5.41, 5.74) is -1.03. The number of halogens is 3. The molecule has 1 unspecified atom stereocenters. The minimum Gasteiger partial charge on any atom is -0.426 e. The van der Waals surface area contributed by atoms with Crippen LogP contribution in [0.1, 0.15) is 46.5 Å². The Balaban J connectivity index is 2.60. The summed E-state index contributed by atoms with van der Waals surface area (Å²) in [7, 11) is 1.38. The molecule has 8 nitrogen and oxygen atoms in total. The molecular weight excluding hydrogens is 385 g/mol. The summed E-state index contributed by atoms with van der Waals surface area (Å²) in [6.45, 7) is 3.58. The van der Waals surface area contributed by atoms with Gasteiger partial charge < -0.3 is 14.8 Å². The summed E-state index contributed by atoms with van der Waals surface area (Å²) in [6, 6.07) is -1.57. The third-order valence-corrected chi connectivity index (χ3v) is 4.78. The van der Waals surface area contributed by atoms with Crippen molar-refractivity contribution in [2.75, 3.05) is 13.8 Å². The molecule has 160 valence electrons. The van der Waals surface area contributed by atoms with Crippen LogP contribution in [0.2, 0.25) is 0 Å². The van der Waals surface area contributed by atoms with Crippen molar-refractivity contribution in [3.8, 4) is 0 Å². The van der Waals surface area contributed by atoms with Crippen LogP contribution in [0.25, 0.3) is 0 Å². The highest BCUT2D eigenvalue weighted by Crippen LogP contribution is 2.30. The van der Waals surface area contributed by atoms with E-state index < -0.39 is 48.4 Å². The van der Waals surface area contributed by atoms with E-state index in [1.54, 1.807) is 12.2 Å². The number of rotatable bonds is 6. The molecule has 1 N–H and O–H groups in total. The lowest BCUT2D eigenvalue weighted by molar-refractivity contribution is -0.177. The van der Waals surface area contributed by atoms with E-state index >= 15 is 0 Å².